The van der Waals surface area contributed by atoms with Gasteiger partial charge in [-0.25, -0.2) is 15.2 Å². The number of methoxy groups -OCH3 is 1. The number of aromatic nitrogens is 2. The van der Waals surface area contributed by atoms with E-state index in [1.165, 1.54) is 30.6 Å². The van der Waals surface area contributed by atoms with Crippen molar-refractivity contribution in [2.24, 2.45) is 5.10 Å². The van der Waals surface area contributed by atoms with Crippen LogP contribution in [0.1, 0.15) is 38.6 Å². The molecule has 202 valence electrons. The van der Waals surface area contributed by atoms with Crippen molar-refractivity contribution in [3.05, 3.63) is 93.7 Å². The lowest BCUT2D eigenvalue weighted by Crippen LogP contribution is -2.20. The van der Waals surface area contributed by atoms with Gasteiger partial charge in [0, 0.05) is 33.7 Å². The number of amides is 1. The molecular formula is C27H24F3N5O3S. The monoisotopic (exact) mass is 555 g/mol. The Morgan fingerprint density at radius 3 is 2.56 bits per heavy atom. The summed E-state index contributed by atoms with van der Waals surface area (Å²) in [5.41, 5.74) is 6.35. The Bertz CT molecular complexity index is 1520. The van der Waals surface area contributed by atoms with Crippen molar-refractivity contribution in [3.8, 4) is 5.69 Å². The minimum Gasteiger partial charge on any atom is -0.465 e. The Hall–Kier alpha value is -4.45. The first-order valence-corrected chi connectivity index (χ1v) is 12.5. The maximum atomic E-state index is 12.9. The van der Waals surface area contributed by atoms with E-state index in [-0.39, 0.29) is 12.1 Å². The maximum Gasteiger partial charge on any atom is 0.416 e. The number of anilines is 2. The third-order valence-electron chi connectivity index (χ3n) is 5.74. The Balaban J connectivity index is 1.36. The number of aryl methyl sites for hydroxylation is 1. The number of alkyl halides is 3. The summed E-state index contributed by atoms with van der Waals surface area (Å²) in [5, 5.41) is 8.91. The second-order valence-electron chi connectivity index (χ2n) is 8.52. The quantitative estimate of drug-likeness (QED) is 0.163. The number of carbonyl (C=O) groups excluding carboxylic acids is 2. The zero-order chi connectivity index (χ0) is 28.2. The maximum absolute atomic E-state index is 12.9. The van der Waals surface area contributed by atoms with E-state index in [2.05, 4.69) is 20.8 Å². The van der Waals surface area contributed by atoms with E-state index in [9.17, 15) is 22.8 Å². The Kier molecular flexibility index (Phi) is 8.15. The number of rotatable bonds is 8. The lowest BCUT2D eigenvalue weighted by Gasteiger charge is -2.10. The number of hydrazone groups is 1. The van der Waals surface area contributed by atoms with Gasteiger partial charge in [-0.05, 0) is 62.4 Å². The Morgan fingerprint density at radius 2 is 1.87 bits per heavy atom. The number of benzene rings is 2. The average Bonchev–Trinajstić information content (AvgIpc) is 3.45. The smallest absolute Gasteiger partial charge is 0.416 e. The van der Waals surface area contributed by atoms with Crippen molar-refractivity contribution in [1.29, 1.82) is 0 Å². The topological polar surface area (TPSA) is 97.6 Å². The van der Waals surface area contributed by atoms with E-state index in [4.69, 9.17) is 4.74 Å². The molecule has 2 aromatic carbocycles. The van der Waals surface area contributed by atoms with Gasteiger partial charge in [0.25, 0.3) is 0 Å². The molecule has 8 nitrogen and oxygen atoms in total. The summed E-state index contributed by atoms with van der Waals surface area (Å²) in [5.74, 6) is -0.804. The fourth-order valence-corrected chi connectivity index (χ4v) is 4.63. The molecule has 0 unspecified atom stereocenters. The first kappa shape index (κ1) is 27.6. The Morgan fingerprint density at radius 1 is 1.13 bits per heavy atom. The van der Waals surface area contributed by atoms with Gasteiger partial charge in [0.2, 0.25) is 5.91 Å². The van der Waals surface area contributed by atoms with E-state index >= 15 is 0 Å². The molecule has 0 aliphatic rings. The lowest BCUT2D eigenvalue weighted by atomic mass is 10.2. The molecule has 1 amide bonds. The molecule has 0 bridgehead atoms. The van der Waals surface area contributed by atoms with Crippen LogP contribution in [0.25, 0.3) is 5.69 Å². The number of hydrogen-bond acceptors (Lipinski definition) is 7. The molecule has 2 N–H and O–H groups in total. The zero-order valence-corrected chi connectivity index (χ0v) is 22.0. The lowest BCUT2D eigenvalue weighted by molar-refractivity contribution is -0.137. The number of hydrogen-bond donors (Lipinski definition) is 2. The predicted molar refractivity (Wildman–Crippen MR) is 143 cm³/mol. The van der Waals surface area contributed by atoms with Gasteiger partial charge >= 0.3 is 12.1 Å². The summed E-state index contributed by atoms with van der Waals surface area (Å²) in [7, 11) is 1.33. The SMILES string of the molecule is COC(=O)c1ccc(-n2c(C)cc(/C=N\NC(=O)Cc3csc(Nc4cccc(C(F)(F)F)c4)n3)c2C)cc1. The summed E-state index contributed by atoms with van der Waals surface area (Å²) >= 11 is 1.18. The highest BCUT2D eigenvalue weighted by Gasteiger charge is 2.30. The van der Waals surface area contributed by atoms with E-state index in [1.54, 1.807) is 23.7 Å². The number of carbonyl (C=O) groups is 2. The molecule has 0 spiro atoms. The molecule has 0 aliphatic carbocycles. The summed E-state index contributed by atoms with van der Waals surface area (Å²) in [6.07, 6.45) is -2.95. The van der Waals surface area contributed by atoms with Gasteiger partial charge in [-0.15, -0.1) is 11.3 Å². The number of ether oxygens (including phenoxy) is 1. The molecule has 0 saturated carbocycles. The fourth-order valence-electron chi connectivity index (χ4n) is 3.90. The van der Waals surface area contributed by atoms with Gasteiger partial charge in [-0.1, -0.05) is 6.07 Å². The third kappa shape index (κ3) is 6.71. The molecule has 4 rings (SSSR count). The molecule has 0 saturated heterocycles. The Labute approximate surface area is 226 Å². The highest BCUT2D eigenvalue weighted by Crippen LogP contribution is 2.32. The molecule has 2 aromatic heterocycles. The van der Waals surface area contributed by atoms with Crippen LogP contribution in [-0.4, -0.2) is 34.8 Å². The van der Waals surface area contributed by atoms with Crippen molar-refractivity contribution >= 4 is 40.2 Å². The minimum absolute atomic E-state index is 0.0519. The molecule has 0 radical (unpaired) electrons. The fraction of sp³-hybridized carbons (Fsp3) is 0.185. The van der Waals surface area contributed by atoms with Crippen molar-refractivity contribution < 1.29 is 27.5 Å². The molecule has 12 heteroatoms. The molecular weight excluding hydrogens is 531 g/mol. The normalized spacial score (nSPS) is 11.5. The average molecular weight is 556 g/mol. The van der Waals surface area contributed by atoms with Crippen molar-refractivity contribution in [3.63, 3.8) is 0 Å². The van der Waals surface area contributed by atoms with Gasteiger partial charge in [-0.2, -0.15) is 18.3 Å². The molecule has 0 aliphatic heterocycles. The molecule has 0 atom stereocenters. The summed E-state index contributed by atoms with van der Waals surface area (Å²) in [4.78, 5) is 28.3. The van der Waals surface area contributed by atoms with Gasteiger partial charge < -0.3 is 14.6 Å². The number of halogens is 3. The third-order valence-corrected chi connectivity index (χ3v) is 6.55. The van der Waals surface area contributed by atoms with Crippen molar-refractivity contribution in [1.82, 2.24) is 15.0 Å². The zero-order valence-electron chi connectivity index (χ0n) is 21.2. The van der Waals surface area contributed by atoms with Crippen LogP contribution in [0.3, 0.4) is 0 Å². The number of thiazole rings is 1. The number of esters is 1. The molecule has 4 aromatic rings. The highest BCUT2D eigenvalue weighted by molar-refractivity contribution is 7.13. The van der Waals surface area contributed by atoms with Crippen molar-refractivity contribution in [2.75, 3.05) is 12.4 Å². The van der Waals surface area contributed by atoms with Gasteiger partial charge in [0.05, 0.1) is 36.6 Å². The number of nitrogens with one attached hydrogen (secondary N) is 2. The minimum atomic E-state index is -4.44. The summed E-state index contributed by atoms with van der Waals surface area (Å²) in [6, 6.07) is 13.7. The van der Waals surface area contributed by atoms with E-state index in [0.29, 0.717) is 16.4 Å². The summed E-state index contributed by atoms with van der Waals surface area (Å²) in [6.45, 7) is 3.85. The second kappa shape index (κ2) is 11.5. The molecule has 39 heavy (non-hydrogen) atoms. The van der Waals surface area contributed by atoms with E-state index in [0.717, 1.165) is 34.8 Å². The van der Waals surface area contributed by atoms with Gasteiger partial charge in [0.1, 0.15) is 0 Å². The predicted octanol–water partition coefficient (Wildman–Crippen LogP) is 5.79. The largest absolute Gasteiger partial charge is 0.465 e. The van der Waals surface area contributed by atoms with Crippen molar-refractivity contribution in [2.45, 2.75) is 26.4 Å². The van der Waals surface area contributed by atoms with Crippen LogP contribution in [0.4, 0.5) is 24.0 Å². The first-order chi connectivity index (χ1) is 18.5. The van der Waals surface area contributed by atoms with Crippen LogP contribution in [-0.2, 0) is 22.1 Å². The van der Waals surface area contributed by atoms with Gasteiger partial charge in [-0.3, -0.25) is 4.79 Å². The van der Waals surface area contributed by atoms with Crippen LogP contribution >= 0.6 is 11.3 Å². The number of nitrogens with zero attached hydrogens (tertiary/aromatic N) is 3. The summed E-state index contributed by atoms with van der Waals surface area (Å²) < 4.78 is 45.5. The van der Waals surface area contributed by atoms with Crippen LogP contribution in [0.2, 0.25) is 0 Å². The van der Waals surface area contributed by atoms with Gasteiger partial charge in [0.15, 0.2) is 5.13 Å². The first-order valence-electron chi connectivity index (χ1n) is 11.6. The molecule has 0 fully saturated rings. The van der Waals surface area contributed by atoms with Crippen LogP contribution in [0.15, 0.2) is 65.1 Å². The van der Waals surface area contributed by atoms with E-state index in [1.807, 2.05) is 36.6 Å². The molecule has 2 heterocycles. The standard InChI is InChI=1S/C27H24F3N5O3S/c1-16-11-19(17(2)35(16)23-9-7-18(8-10-23)25(37)38-3)14-31-34-24(36)13-22-15-39-26(33-22)32-21-6-4-5-20(12-21)27(28,29)30/h4-12,14-15H,13H2,1-3H3,(H,32,33)(H,34,36)/b31-14-. The van der Waals surface area contributed by atoms with E-state index < -0.39 is 23.6 Å². The highest BCUT2D eigenvalue weighted by atomic mass is 32.1. The van der Waals surface area contributed by atoms with Crippen LogP contribution < -0.4 is 10.7 Å². The second-order valence-corrected chi connectivity index (χ2v) is 9.38. The van der Waals surface area contributed by atoms with Crippen LogP contribution in [0.5, 0.6) is 0 Å². The van der Waals surface area contributed by atoms with Crippen LogP contribution in [0, 0.1) is 13.8 Å².